The number of ether oxygens (including phenoxy) is 1. The maximum Gasteiger partial charge on any atom is 0.374 e. The molecular weight excluding hydrogens is 442 g/mol. The van der Waals surface area contributed by atoms with E-state index in [4.69, 9.17) is 9.15 Å². The number of esters is 1. The van der Waals surface area contributed by atoms with Gasteiger partial charge in [0.15, 0.2) is 5.16 Å². The van der Waals surface area contributed by atoms with E-state index in [1.165, 1.54) is 11.8 Å². The summed E-state index contributed by atoms with van der Waals surface area (Å²) in [5.41, 5.74) is 1.47. The highest BCUT2D eigenvalue weighted by atomic mass is 79.9. The van der Waals surface area contributed by atoms with Crippen molar-refractivity contribution in [1.82, 2.24) is 14.8 Å². The predicted octanol–water partition coefficient (Wildman–Crippen LogP) is 5.32. The molecule has 0 amide bonds. The van der Waals surface area contributed by atoms with E-state index in [1.807, 2.05) is 24.3 Å². The molecule has 28 heavy (non-hydrogen) atoms. The van der Waals surface area contributed by atoms with E-state index in [9.17, 15) is 4.79 Å². The third-order valence-electron chi connectivity index (χ3n) is 4.56. The molecule has 0 atom stereocenters. The van der Waals surface area contributed by atoms with Gasteiger partial charge in [0, 0.05) is 33.6 Å². The molecule has 2 heterocycles. The van der Waals surface area contributed by atoms with Crippen molar-refractivity contribution in [3.05, 3.63) is 52.5 Å². The molecule has 0 aliphatic heterocycles. The molecule has 1 aromatic carbocycles. The summed E-state index contributed by atoms with van der Waals surface area (Å²) in [5.74, 6) is 1.85. The Labute approximate surface area is 175 Å². The Kier molecular flexibility index (Phi) is 5.59. The second-order valence-electron chi connectivity index (χ2n) is 6.57. The lowest BCUT2D eigenvalue weighted by molar-refractivity contribution is 0.0491. The fraction of sp³-hybridized carbons (Fsp3) is 0.350. The number of nitrogens with zero attached hydrogens (tertiary/aromatic N) is 3. The number of carbonyl (C=O) groups excluding carboxylic acids is 1. The molecule has 0 bridgehead atoms. The van der Waals surface area contributed by atoms with Gasteiger partial charge in [0.05, 0.1) is 6.61 Å². The summed E-state index contributed by atoms with van der Waals surface area (Å²) in [6.07, 6.45) is 4.17. The van der Waals surface area contributed by atoms with Gasteiger partial charge in [-0.25, -0.2) is 4.79 Å². The number of halogens is 1. The van der Waals surface area contributed by atoms with Gasteiger partial charge in [-0.05, 0) is 38.0 Å². The van der Waals surface area contributed by atoms with Crippen LogP contribution in [0.3, 0.4) is 0 Å². The number of rotatable bonds is 8. The molecule has 3 aromatic rings. The number of thioether (sulfide) groups is 1. The average Bonchev–Trinajstić information content (AvgIpc) is 3.35. The lowest BCUT2D eigenvalue weighted by Crippen LogP contribution is -2.06. The van der Waals surface area contributed by atoms with E-state index in [-0.39, 0.29) is 5.76 Å². The summed E-state index contributed by atoms with van der Waals surface area (Å²) in [4.78, 5) is 12.4. The third-order valence-corrected chi connectivity index (χ3v) is 6.05. The first kappa shape index (κ1) is 19.3. The van der Waals surface area contributed by atoms with Crippen molar-refractivity contribution in [3.8, 4) is 0 Å². The minimum Gasteiger partial charge on any atom is -0.460 e. The zero-order valence-electron chi connectivity index (χ0n) is 15.5. The highest BCUT2D eigenvalue weighted by Crippen LogP contribution is 2.41. The summed E-state index contributed by atoms with van der Waals surface area (Å²) in [6.45, 7) is 6.60. The van der Waals surface area contributed by atoms with Crippen LogP contribution >= 0.6 is 27.7 Å². The maximum absolute atomic E-state index is 12.4. The third kappa shape index (κ3) is 3.75. The topological polar surface area (TPSA) is 70.2 Å². The van der Waals surface area contributed by atoms with Crippen LogP contribution in [0, 0.1) is 0 Å². The van der Waals surface area contributed by atoms with Crippen LogP contribution in [-0.2, 0) is 17.0 Å². The predicted molar refractivity (Wildman–Crippen MR) is 112 cm³/mol. The SMILES string of the molecule is C=CCn1c(SCc2c(C(=O)OCC)oc3ccc(Br)cc23)nnc1C1CC1. The fourth-order valence-electron chi connectivity index (χ4n) is 3.11. The molecule has 1 aliphatic rings. The number of furan rings is 1. The standard InChI is InChI=1S/C20H20BrN3O3S/c1-3-9-24-18(12-5-6-12)22-23-20(24)28-11-15-14-10-13(21)7-8-16(14)27-17(15)19(25)26-4-2/h3,7-8,10,12H,1,4-6,9,11H2,2H3. The number of allylic oxidation sites excluding steroid dienone is 1. The van der Waals surface area contributed by atoms with Crippen LogP contribution < -0.4 is 0 Å². The molecule has 146 valence electrons. The van der Waals surface area contributed by atoms with Crippen molar-refractivity contribution in [2.45, 2.75) is 43.1 Å². The van der Waals surface area contributed by atoms with E-state index < -0.39 is 5.97 Å². The minimum atomic E-state index is -0.448. The maximum atomic E-state index is 12.4. The average molecular weight is 462 g/mol. The first-order valence-electron chi connectivity index (χ1n) is 9.17. The zero-order chi connectivity index (χ0) is 19.7. The molecule has 1 saturated carbocycles. The molecule has 4 rings (SSSR count). The normalized spacial score (nSPS) is 13.8. The Morgan fingerprint density at radius 3 is 3.00 bits per heavy atom. The van der Waals surface area contributed by atoms with Crippen molar-refractivity contribution in [2.75, 3.05) is 6.61 Å². The van der Waals surface area contributed by atoms with E-state index in [1.54, 1.807) is 6.92 Å². The summed E-state index contributed by atoms with van der Waals surface area (Å²) in [6, 6.07) is 5.70. The fourth-order valence-corrected chi connectivity index (χ4v) is 4.46. The van der Waals surface area contributed by atoms with Gasteiger partial charge in [0.1, 0.15) is 11.4 Å². The molecule has 0 unspecified atom stereocenters. The second-order valence-corrected chi connectivity index (χ2v) is 8.43. The summed E-state index contributed by atoms with van der Waals surface area (Å²) in [5, 5.41) is 10.5. The van der Waals surface area contributed by atoms with Gasteiger partial charge in [-0.1, -0.05) is 33.8 Å². The van der Waals surface area contributed by atoms with E-state index in [2.05, 4.69) is 37.3 Å². The zero-order valence-corrected chi connectivity index (χ0v) is 17.9. The smallest absolute Gasteiger partial charge is 0.374 e. The largest absolute Gasteiger partial charge is 0.460 e. The molecule has 0 radical (unpaired) electrons. The minimum absolute atomic E-state index is 0.250. The van der Waals surface area contributed by atoms with Gasteiger partial charge in [-0.15, -0.1) is 16.8 Å². The van der Waals surface area contributed by atoms with Crippen LogP contribution in [0.4, 0.5) is 0 Å². The van der Waals surface area contributed by atoms with Crippen molar-refractivity contribution >= 4 is 44.6 Å². The Morgan fingerprint density at radius 1 is 1.46 bits per heavy atom. The number of hydrogen-bond acceptors (Lipinski definition) is 6. The lowest BCUT2D eigenvalue weighted by atomic mass is 10.1. The van der Waals surface area contributed by atoms with E-state index in [0.717, 1.165) is 39.2 Å². The molecular formula is C20H20BrN3O3S. The van der Waals surface area contributed by atoms with Crippen molar-refractivity contribution < 1.29 is 13.9 Å². The molecule has 0 spiro atoms. The Bertz CT molecular complexity index is 1040. The summed E-state index contributed by atoms with van der Waals surface area (Å²) < 4.78 is 14.0. The van der Waals surface area contributed by atoms with Crippen LogP contribution in [0.1, 0.15) is 47.6 Å². The van der Waals surface area contributed by atoms with Crippen LogP contribution in [0.5, 0.6) is 0 Å². The van der Waals surface area contributed by atoms with Gasteiger partial charge < -0.3 is 13.7 Å². The Hall–Kier alpha value is -2.06. The van der Waals surface area contributed by atoms with Gasteiger partial charge in [-0.2, -0.15) is 0 Å². The number of benzene rings is 1. The Balaban J connectivity index is 1.67. The molecule has 0 saturated heterocycles. The number of aromatic nitrogens is 3. The Morgan fingerprint density at radius 2 is 2.29 bits per heavy atom. The quantitative estimate of drug-likeness (QED) is 0.256. The highest BCUT2D eigenvalue weighted by Gasteiger charge is 2.30. The van der Waals surface area contributed by atoms with Crippen LogP contribution in [-0.4, -0.2) is 27.3 Å². The van der Waals surface area contributed by atoms with Crippen LogP contribution in [0.15, 0.2) is 44.9 Å². The summed E-state index contributed by atoms with van der Waals surface area (Å²) in [7, 11) is 0. The molecule has 1 fully saturated rings. The first-order chi connectivity index (χ1) is 13.6. The molecule has 0 N–H and O–H groups in total. The summed E-state index contributed by atoms with van der Waals surface area (Å²) >= 11 is 5.04. The van der Waals surface area contributed by atoms with Crippen LogP contribution in [0.25, 0.3) is 11.0 Å². The second kappa shape index (κ2) is 8.13. The van der Waals surface area contributed by atoms with Gasteiger partial charge in [-0.3, -0.25) is 0 Å². The first-order valence-corrected chi connectivity index (χ1v) is 10.9. The van der Waals surface area contributed by atoms with Gasteiger partial charge in [0.2, 0.25) is 5.76 Å². The van der Waals surface area contributed by atoms with Crippen molar-refractivity contribution in [2.24, 2.45) is 0 Å². The number of hydrogen-bond donors (Lipinski definition) is 0. The molecule has 1 aliphatic carbocycles. The van der Waals surface area contributed by atoms with E-state index in [0.29, 0.717) is 30.4 Å². The van der Waals surface area contributed by atoms with Gasteiger partial charge in [0.25, 0.3) is 0 Å². The molecule has 6 nitrogen and oxygen atoms in total. The molecule has 8 heteroatoms. The highest BCUT2D eigenvalue weighted by molar-refractivity contribution is 9.10. The number of fused-ring (bicyclic) bond motifs is 1. The van der Waals surface area contributed by atoms with Crippen molar-refractivity contribution in [3.63, 3.8) is 0 Å². The van der Waals surface area contributed by atoms with Gasteiger partial charge >= 0.3 is 5.97 Å². The van der Waals surface area contributed by atoms with E-state index >= 15 is 0 Å². The lowest BCUT2D eigenvalue weighted by Gasteiger charge is -2.07. The number of carbonyl (C=O) groups is 1. The van der Waals surface area contributed by atoms with Crippen LogP contribution in [0.2, 0.25) is 0 Å². The van der Waals surface area contributed by atoms with Crippen molar-refractivity contribution in [1.29, 1.82) is 0 Å². The monoisotopic (exact) mass is 461 g/mol. The molecule has 2 aromatic heterocycles.